The number of esters is 1. The molecule has 38 heavy (non-hydrogen) atoms. The van der Waals surface area contributed by atoms with Gasteiger partial charge >= 0.3 is 19.4 Å². The molecule has 4 rings (SSSR count). The maximum Gasteiger partial charge on any atom is 0.403 e. The predicted molar refractivity (Wildman–Crippen MR) is 134 cm³/mol. The van der Waals surface area contributed by atoms with Gasteiger partial charge in [0.05, 0.1) is 25.9 Å². The van der Waals surface area contributed by atoms with Crippen LogP contribution in [0.4, 0.5) is 0 Å². The van der Waals surface area contributed by atoms with E-state index in [9.17, 15) is 23.8 Å². The molecule has 0 bridgehead atoms. The van der Waals surface area contributed by atoms with E-state index < -0.39 is 56.0 Å². The quantitative estimate of drug-likeness (QED) is 0.0955. The molecule has 0 amide bonds. The van der Waals surface area contributed by atoms with Crippen molar-refractivity contribution >= 4 is 24.6 Å². The summed E-state index contributed by atoms with van der Waals surface area (Å²) in [5.41, 5.74) is 9.50. The molecule has 3 heterocycles. The first kappa shape index (κ1) is 27.3. The number of carbonyl (C=O) groups is 1. The second-order valence-corrected chi connectivity index (χ2v) is 10.3. The third kappa shape index (κ3) is 6.05. The average molecular weight is 547 g/mol. The number of fused-ring (bicyclic) bond motifs is 1. The molecule has 0 saturated carbocycles. The van der Waals surface area contributed by atoms with E-state index in [1.54, 1.807) is 6.20 Å². The summed E-state index contributed by atoms with van der Waals surface area (Å²) >= 11 is 0. The topological polar surface area (TPSA) is 213 Å². The van der Waals surface area contributed by atoms with E-state index in [2.05, 4.69) is 25.1 Å². The van der Waals surface area contributed by atoms with E-state index in [0.29, 0.717) is 0 Å². The van der Waals surface area contributed by atoms with Crippen molar-refractivity contribution in [2.75, 3.05) is 13.7 Å². The van der Waals surface area contributed by atoms with Gasteiger partial charge in [-0.25, -0.2) is 14.4 Å². The van der Waals surface area contributed by atoms with Crippen LogP contribution in [0.5, 0.6) is 0 Å². The molecule has 1 aliphatic rings. The number of hydrogen-bond donors (Lipinski definition) is 4. The van der Waals surface area contributed by atoms with E-state index >= 15 is 0 Å². The first-order valence-electron chi connectivity index (χ1n) is 11.5. The van der Waals surface area contributed by atoms with Crippen LogP contribution in [0.3, 0.4) is 0 Å². The fourth-order valence-corrected chi connectivity index (χ4v) is 5.29. The normalized spacial score (nSPS) is 21.5. The van der Waals surface area contributed by atoms with Crippen LogP contribution >= 0.6 is 7.75 Å². The van der Waals surface area contributed by atoms with Crippen molar-refractivity contribution in [2.24, 2.45) is 5.11 Å². The molecule has 1 aromatic carbocycles. The van der Waals surface area contributed by atoms with Crippen molar-refractivity contribution in [1.29, 1.82) is 0 Å². The lowest BCUT2D eigenvalue weighted by Crippen LogP contribution is -2.38. The minimum atomic E-state index is -4.60. The van der Waals surface area contributed by atoms with Gasteiger partial charge < -0.3 is 19.4 Å². The number of carbonyl (C=O) groups excluding carboxylic acids is 1. The van der Waals surface area contributed by atoms with Gasteiger partial charge in [-0.3, -0.25) is 23.7 Å². The molecule has 2 aromatic heterocycles. The number of nitrogens with zero attached hydrogens (tertiary/aromatic N) is 4. The zero-order chi connectivity index (χ0) is 27.4. The Kier molecular flexibility index (Phi) is 8.17. The van der Waals surface area contributed by atoms with E-state index in [4.69, 9.17) is 19.5 Å². The number of aromatic amines is 2. The molecule has 202 valence electrons. The summed E-state index contributed by atoms with van der Waals surface area (Å²) in [6, 6.07) is 5.33. The second kappa shape index (κ2) is 11.4. The first-order valence-corrected chi connectivity index (χ1v) is 13.1. The van der Waals surface area contributed by atoms with Gasteiger partial charge in [0.15, 0.2) is 0 Å². The molecule has 0 radical (unpaired) electrons. The molecule has 0 aliphatic carbocycles. The zero-order valence-electron chi connectivity index (χ0n) is 20.4. The third-order valence-corrected chi connectivity index (χ3v) is 7.31. The third-order valence-electron chi connectivity index (χ3n) is 6.18. The van der Waals surface area contributed by atoms with Gasteiger partial charge in [-0.15, -0.1) is 0 Å². The highest BCUT2D eigenvalue weighted by Crippen LogP contribution is 2.40. The van der Waals surface area contributed by atoms with Crippen LogP contribution < -0.4 is 16.3 Å². The zero-order valence-corrected chi connectivity index (χ0v) is 21.3. The van der Waals surface area contributed by atoms with Gasteiger partial charge in [0.2, 0.25) is 0 Å². The number of nitrogens with one attached hydrogen (secondary N) is 3. The molecule has 4 N–H and O–H groups in total. The minimum absolute atomic E-state index is 0.0302. The Labute approximate surface area is 214 Å². The van der Waals surface area contributed by atoms with Gasteiger partial charge in [-0.05, 0) is 24.1 Å². The monoisotopic (exact) mass is 547 g/mol. The number of aryl methyl sites for hydroxylation is 1. The highest BCUT2D eigenvalue weighted by molar-refractivity contribution is 7.50. The summed E-state index contributed by atoms with van der Waals surface area (Å²) in [6.45, 7) is 1.01. The van der Waals surface area contributed by atoms with Crippen LogP contribution in [-0.4, -0.2) is 57.3 Å². The first-order chi connectivity index (χ1) is 18.1. The summed E-state index contributed by atoms with van der Waals surface area (Å²) in [6.07, 6.45) is 1.18. The molecule has 1 fully saturated rings. The number of azide groups is 1. The van der Waals surface area contributed by atoms with Gasteiger partial charge in [-0.2, -0.15) is 0 Å². The Morgan fingerprint density at radius 2 is 2.18 bits per heavy atom. The number of hydrogen-bond acceptors (Lipinski definition) is 8. The molecule has 0 spiro atoms. The van der Waals surface area contributed by atoms with Gasteiger partial charge in [0.25, 0.3) is 5.56 Å². The Hall–Kier alpha value is -3.71. The highest BCUT2D eigenvalue weighted by Gasteiger charge is 2.39. The highest BCUT2D eigenvalue weighted by atomic mass is 31.2. The number of rotatable bonds is 10. The lowest BCUT2D eigenvalue weighted by Gasteiger charge is -2.22. The predicted octanol–water partition coefficient (Wildman–Crippen LogP) is 1.78. The molecule has 3 aromatic rings. The van der Waals surface area contributed by atoms with Crippen LogP contribution in [0.15, 0.2) is 51.4 Å². The number of benzene rings is 1. The lowest BCUT2D eigenvalue weighted by molar-refractivity contribution is -0.142. The SMILES string of the molecule is COC(=O)[C@H](Cc1c[nH]c2ccccc12)NP(=O)(O)OC[C@H]1O[C@@H](n2cc(C)c(=O)[nH]c2=O)C[C@@H]1N=[N+]=[N-]. The van der Waals surface area contributed by atoms with Crippen molar-refractivity contribution in [3.05, 3.63) is 79.1 Å². The van der Waals surface area contributed by atoms with E-state index in [1.165, 1.54) is 13.1 Å². The van der Waals surface area contributed by atoms with Crippen LogP contribution in [-0.2, 0) is 29.8 Å². The lowest BCUT2D eigenvalue weighted by atomic mass is 10.1. The van der Waals surface area contributed by atoms with Gasteiger partial charge in [0.1, 0.15) is 12.3 Å². The van der Waals surface area contributed by atoms with E-state index in [1.807, 2.05) is 24.3 Å². The number of para-hydroxylation sites is 1. The summed E-state index contributed by atoms with van der Waals surface area (Å²) in [5.74, 6) is -0.773. The van der Waals surface area contributed by atoms with Crippen molar-refractivity contribution in [2.45, 2.75) is 44.2 Å². The van der Waals surface area contributed by atoms with Crippen LogP contribution in [0, 0.1) is 6.92 Å². The standard InChI is InChI=1S/C22H26N7O8P/c1-12-10-29(22(32)25-20(12)30)19-8-16(26-28-23)18(37-19)11-36-38(33,34)27-17(21(31)35-2)7-13-9-24-15-6-4-3-5-14(13)15/h3-6,9-10,16-19,24H,7-8,11H2,1-2H3,(H,25,30,32)(H2,27,33,34)/t16-,17-,18+,19+/m0/s1. The number of ether oxygens (including phenoxy) is 2. The van der Waals surface area contributed by atoms with Crippen LogP contribution in [0.2, 0.25) is 0 Å². The maximum atomic E-state index is 12.9. The van der Waals surface area contributed by atoms with E-state index in [-0.39, 0.29) is 18.4 Å². The van der Waals surface area contributed by atoms with Gasteiger partial charge in [0, 0.05) is 46.6 Å². The number of methoxy groups -OCH3 is 1. The molecule has 16 heteroatoms. The Morgan fingerprint density at radius 1 is 1.42 bits per heavy atom. The van der Waals surface area contributed by atoms with Crippen molar-refractivity contribution in [1.82, 2.24) is 19.6 Å². The largest absolute Gasteiger partial charge is 0.468 e. The molecule has 5 atom stereocenters. The van der Waals surface area contributed by atoms with Crippen molar-refractivity contribution in [3.63, 3.8) is 0 Å². The smallest absolute Gasteiger partial charge is 0.403 e. The van der Waals surface area contributed by atoms with Crippen LogP contribution in [0.1, 0.15) is 23.8 Å². The fraction of sp³-hybridized carbons (Fsp3) is 0.409. The summed E-state index contributed by atoms with van der Waals surface area (Å²) in [7, 11) is -3.44. The molecular weight excluding hydrogens is 521 g/mol. The van der Waals surface area contributed by atoms with Crippen LogP contribution in [0.25, 0.3) is 21.3 Å². The molecule has 15 nitrogen and oxygen atoms in total. The Balaban J connectivity index is 1.46. The van der Waals surface area contributed by atoms with E-state index in [0.717, 1.165) is 28.1 Å². The number of H-pyrrole nitrogens is 2. The maximum absolute atomic E-state index is 12.9. The average Bonchev–Trinajstić information content (AvgIpc) is 3.48. The Morgan fingerprint density at radius 3 is 2.92 bits per heavy atom. The van der Waals surface area contributed by atoms with Crippen molar-refractivity contribution in [3.8, 4) is 0 Å². The second-order valence-electron chi connectivity index (χ2n) is 8.70. The molecule has 1 aliphatic heterocycles. The Bertz CT molecular complexity index is 1540. The summed E-state index contributed by atoms with van der Waals surface area (Å²) in [5, 5.41) is 6.82. The van der Waals surface area contributed by atoms with Gasteiger partial charge in [-0.1, -0.05) is 23.3 Å². The fourth-order valence-electron chi connectivity index (χ4n) is 4.28. The summed E-state index contributed by atoms with van der Waals surface area (Å²) < 4.78 is 29.8. The number of aromatic nitrogens is 3. The molecule has 1 unspecified atom stereocenters. The molecular formula is C22H26N7O8P. The summed E-state index contributed by atoms with van der Waals surface area (Å²) in [4.78, 5) is 54.8. The minimum Gasteiger partial charge on any atom is -0.468 e. The molecule has 1 saturated heterocycles. The van der Waals surface area contributed by atoms with Crippen molar-refractivity contribution < 1.29 is 28.3 Å².